The second-order valence-electron chi connectivity index (χ2n) is 7.50. The van der Waals surface area contributed by atoms with Gasteiger partial charge in [-0.3, -0.25) is 4.90 Å². The van der Waals surface area contributed by atoms with Crippen LogP contribution in [0.5, 0.6) is 11.5 Å². The number of nitrogens with zero attached hydrogens (tertiary/aromatic N) is 2. The standard InChI is InChI=1S/C22H28N2O3/c1-16-13-18-14-17(3-8-22(18)27-16)21(25)15-23-9-11-24(12-10-23)19-4-6-20(26-2)7-5-19/h3-8,14,16,21,25H,9-13,15H2,1-2H3. The highest BCUT2D eigenvalue weighted by atomic mass is 16.5. The highest BCUT2D eigenvalue weighted by Gasteiger charge is 2.23. The summed E-state index contributed by atoms with van der Waals surface area (Å²) in [6.07, 6.45) is 0.702. The fourth-order valence-corrected chi connectivity index (χ4v) is 3.98. The number of hydrogen-bond acceptors (Lipinski definition) is 5. The Morgan fingerprint density at radius 1 is 1.11 bits per heavy atom. The molecular weight excluding hydrogens is 340 g/mol. The fourth-order valence-electron chi connectivity index (χ4n) is 3.98. The molecule has 2 aliphatic heterocycles. The molecule has 2 atom stereocenters. The van der Waals surface area contributed by atoms with Crippen LogP contribution >= 0.6 is 0 Å². The number of ether oxygens (including phenoxy) is 2. The van der Waals surface area contributed by atoms with E-state index < -0.39 is 6.10 Å². The summed E-state index contributed by atoms with van der Waals surface area (Å²) in [6, 6.07) is 14.3. The van der Waals surface area contributed by atoms with Crippen molar-refractivity contribution in [2.24, 2.45) is 0 Å². The van der Waals surface area contributed by atoms with Crippen LogP contribution in [0.1, 0.15) is 24.2 Å². The highest BCUT2D eigenvalue weighted by molar-refractivity contribution is 5.49. The third-order valence-electron chi connectivity index (χ3n) is 5.55. The maximum absolute atomic E-state index is 10.7. The number of benzene rings is 2. The van der Waals surface area contributed by atoms with Crippen LogP contribution in [0.2, 0.25) is 0 Å². The van der Waals surface area contributed by atoms with Crippen LogP contribution in [0.15, 0.2) is 42.5 Å². The van der Waals surface area contributed by atoms with Gasteiger partial charge in [-0.1, -0.05) is 6.07 Å². The van der Waals surface area contributed by atoms with Gasteiger partial charge < -0.3 is 19.5 Å². The number of methoxy groups -OCH3 is 1. The van der Waals surface area contributed by atoms with E-state index in [1.807, 2.05) is 24.3 Å². The molecule has 4 rings (SSSR count). The van der Waals surface area contributed by atoms with E-state index in [-0.39, 0.29) is 6.10 Å². The van der Waals surface area contributed by atoms with Gasteiger partial charge in [0.2, 0.25) is 0 Å². The lowest BCUT2D eigenvalue weighted by Gasteiger charge is -2.37. The van der Waals surface area contributed by atoms with Crippen LogP contribution < -0.4 is 14.4 Å². The quantitative estimate of drug-likeness (QED) is 0.879. The molecule has 1 fully saturated rings. The Balaban J connectivity index is 1.31. The number of β-amino-alcohol motifs (C(OH)–C–C–N with tert-alkyl or cyclic N) is 1. The minimum absolute atomic E-state index is 0.235. The summed E-state index contributed by atoms with van der Waals surface area (Å²) in [4.78, 5) is 4.73. The van der Waals surface area contributed by atoms with Gasteiger partial charge in [-0.2, -0.15) is 0 Å². The van der Waals surface area contributed by atoms with E-state index in [1.165, 1.54) is 11.3 Å². The number of piperazine rings is 1. The zero-order valence-electron chi connectivity index (χ0n) is 16.1. The van der Waals surface area contributed by atoms with Gasteiger partial charge in [0.15, 0.2) is 0 Å². The van der Waals surface area contributed by atoms with Crippen molar-refractivity contribution in [3.63, 3.8) is 0 Å². The third-order valence-corrected chi connectivity index (χ3v) is 5.55. The van der Waals surface area contributed by atoms with E-state index in [0.29, 0.717) is 6.54 Å². The first-order valence-corrected chi connectivity index (χ1v) is 9.71. The molecule has 2 aromatic carbocycles. The molecule has 27 heavy (non-hydrogen) atoms. The second-order valence-corrected chi connectivity index (χ2v) is 7.50. The van der Waals surface area contributed by atoms with E-state index >= 15 is 0 Å². The molecule has 144 valence electrons. The molecule has 0 aliphatic carbocycles. The molecule has 0 spiro atoms. The van der Waals surface area contributed by atoms with Gasteiger partial charge in [0.25, 0.3) is 0 Å². The Kier molecular flexibility index (Phi) is 5.23. The van der Waals surface area contributed by atoms with Gasteiger partial charge in [0.1, 0.15) is 17.6 Å². The molecule has 0 amide bonds. The maximum Gasteiger partial charge on any atom is 0.123 e. The molecule has 0 bridgehead atoms. The summed E-state index contributed by atoms with van der Waals surface area (Å²) in [6.45, 7) is 6.59. The third kappa shape index (κ3) is 4.04. The van der Waals surface area contributed by atoms with Crippen LogP contribution in [0, 0.1) is 0 Å². The van der Waals surface area contributed by atoms with Crippen molar-refractivity contribution < 1.29 is 14.6 Å². The molecule has 2 aromatic rings. The molecule has 2 heterocycles. The van der Waals surface area contributed by atoms with Crippen LogP contribution in [0.3, 0.4) is 0 Å². The molecule has 1 saturated heterocycles. The van der Waals surface area contributed by atoms with E-state index in [4.69, 9.17) is 9.47 Å². The van der Waals surface area contributed by atoms with Crippen molar-refractivity contribution in [3.05, 3.63) is 53.6 Å². The van der Waals surface area contributed by atoms with Gasteiger partial charge in [0.05, 0.1) is 13.2 Å². The van der Waals surface area contributed by atoms with Crippen molar-refractivity contribution in [2.45, 2.75) is 25.6 Å². The summed E-state index contributed by atoms with van der Waals surface area (Å²) < 4.78 is 11.0. The lowest BCUT2D eigenvalue weighted by atomic mass is 10.0. The fraction of sp³-hybridized carbons (Fsp3) is 0.455. The van der Waals surface area contributed by atoms with Crippen LogP contribution in [0.25, 0.3) is 0 Å². The van der Waals surface area contributed by atoms with Gasteiger partial charge >= 0.3 is 0 Å². The minimum atomic E-state index is -0.459. The maximum atomic E-state index is 10.7. The summed E-state index contributed by atoms with van der Waals surface area (Å²) >= 11 is 0. The molecule has 5 heteroatoms. The predicted molar refractivity (Wildman–Crippen MR) is 107 cm³/mol. The topological polar surface area (TPSA) is 45.2 Å². The van der Waals surface area contributed by atoms with Crippen molar-refractivity contribution in [3.8, 4) is 11.5 Å². The first kappa shape index (κ1) is 18.1. The first-order chi connectivity index (χ1) is 13.1. The average Bonchev–Trinajstić information content (AvgIpc) is 3.08. The molecular formula is C22H28N2O3. The highest BCUT2D eigenvalue weighted by Crippen LogP contribution is 2.31. The van der Waals surface area contributed by atoms with Gasteiger partial charge in [-0.15, -0.1) is 0 Å². The summed E-state index contributed by atoms with van der Waals surface area (Å²) in [5.74, 6) is 1.85. The van der Waals surface area contributed by atoms with Gasteiger partial charge in [-0.05, 0) is 54.4 Å². The molecule has 5 nitrogen and oxygen atoms in total. The number of aliphatic hydroxyl groups is 1. The Morgan fingerprint density at radius 3 is 2.56 bits per heavy atom. The zero-order valence-corrected chi connectivity index (χ0v) is 16.1. The summed E-state index contributed by atoms with van der Waals surface area (Å²) in [5.41, 5.74) is 3.43. The van der Waals surface area contributed by atoms with Crippen molar-refractivity contribution >= 4 is 5.69 Å². The molecule has 2 aliphatic rings. The van der Waals surface area contributed by atoms with Crippen LogP contribution in [0.4, 0.5) is 5.69 Å². The summed E-state index contributed by atoms with van der Waals surface area (Å²) in [5, 5.41) is 10.7. The van der Waals surface area contributed by atoms with Gasteiger partial charge in [-0.25, -0.2) is 0 Å². The van der Waals surface area contributed by atoms with Crippen LogP contribution in [-0.4, -0.2) is 55.9 Å². The number of rotatable bonds is 5. The van der Waals surface area contributed by atoms with E-state index in [9.17, 15) is 5.11 Å². The smallest absolute Gasteiger partial charge is 0.123 e. The van der Waals surface area contributed by atoms with Crippen LogP contribution in [-0.2, 0) is 6.42 Å². The summed E-state index contributed by atoms with van der Waals surface area (Å²) in [7, 11) is 1.69. The van der Waals surface area contributed by atoms with Gasteiger partial charge in [0, 0.05) is 44.8 Å². The molecule has 0 radical (unpaired) electrons. The van der Waals surface area contributed by atoms with E-state index in [1.54, 1.807) is 7.11 Å². The lowest BCUT2D eigenvalue weighted by Crippen LogP contribution is -2.47. The average molecular weight is 368 g/mol. The molecule has 0 aromatic heterocycles. The zero-order chi connectivity index (χ0) is 18.8. The first-order valence-electron chi connectivity index (χ1n) is 9.71. The van der Waals surface area contributed by atoms with Crippen molar-refractivity contribution in [1.29, 1.82) is 0 Å². The number of aliphatic hydroxyl groups excluding tert-OH is 1. The second kappa shape index (κ2) is 7.79. The Morgan fingerprint density at radius 2 is 1.85 bits per heavy atom. The number of hydrogen-bond donors (Lipinski definition) is 1. The van der Waals surface area contributed by atoms with E-state index in [0.717, 1.165) is 49.7 Å². The van der Waals surface area contributed by atoms with Crippen molar-refractivity contribution in [2.75, 3.05) is 44.7 Å². The largest absolute Gasteiger partial charge is 0.497 e. The molecule has 1 N–H and O–H groups in total. The normalized spacial score (nSPS) is 20.9. The number of anilines is 1. The lowest BCUT2D eigenvalue weighted by molar-refractivity contribution is 0.109. The SMILES string of the molecule is COc1ccc(N2CCN(CC(O)c3ccc4c(c3)CC(C)O4)CC2)cc1. The Hall–Kier alpha value is -2.24. The number of fused-ring (bicyclic) bond motifs is 1. The predicted octanol–water partition coefficient (Wildman–Crippen LogP) is 2.87. The molecule has 2 unspecified atom stereocenters. The Bertz CT molecular complexity index is 770. The monoisotopic (exact) mass is 368 g/mol. The van der Waals surface area contributed by atoms with Crippen molar-refractivity contribution in [1.82, 2.24) is 4.90 Å². The Labute approximate surface area is 161 Å². The van der Waals surface area contributed by atoms with E-state index in [2.05, 4.69) is 34.9 Å². The minimum Gasteiger partial charge on any atom is -0.497 e. The molecule has 0 saturated carbocycles.